The van der Waals surface area contributed by atoms with Gasteiger partial charge in [-0.1, -0.05) is 6.07 Å². The standard InChI is InChI=1S/C14H20F2N2/c1-10(13-3-2-12(15)8-14(13)16)18-9-11-4-6-17-7-5-11/h2-3,8,10-11,17-18H,4-7,9H2,1H3. The lowest BCUT2D eigenvalue weighted by atomic mass is 9.97. The lowest BCUT2D eigenvalue weighted by Gasteiger charge is -2.25. The van der Waals surface area contributed by atoms with Crippen LogP contribution in [0.1, 0.15) is 31.4 Å². The van der Waals surface area contributed by atoms with Gasteiger partial charge in [0.2, 0.25) is 0 Å². The molecule has 0 aliphatic carbocycles. The van der Waals surface area contributed by atoms with E-state index in [1.165, 1.54) is 12.1 Å². The maximum absolute atomic E-state index is 13.6. The number of benzene rings is 1. The second-order valence-corrected chi connectivity index (χ2v) is 4.99. The normalized spacial score (nSPS) is 18.8. The summed E-state index contributed by atoms with van der Waals surface area (Å²) in [6.07, 6.45) is 2.32. The summed E-state index contributed by atoms with van der Waals surface area (Å²) in [5.41, 5.74) is 0.533. The van der Waals surface area contributed by atoms with Crippen molar-refractivity contribution < 1.29 is 8.78 Å². The first-order chi connectivity index (χ1) is 8.66. The molecule has 1 aromatic carbocycles. The molecule has 4 heteroatoms. The van der Waals surface area contributed by atoms with Crippen LogP contribution in [0.2, 0.25) is 0 Å². The fourth-order valence-electron chi connectivity index (χ4n) is 2.39. The minimum atomic E-state index is -0.526. The van der Waals surface area contributed by atoms with Gasteiger partial charge in [0.15, 0.2) is 0 Å². The van der Waals surface area contributed by atoms with E-state index in [9.17, 15) is 8.78 Å². The SMILES string of the molecule is CC(NCC1CCNCC1)c1ccc(F)cc1F. The summed E-state index contributed by atoms with van der Waals surface area (Å²) in [7, 11) is 0. The largest absolute Gasteiger partial charge is 0.317 e. The monoisotopic (exact) mass is 254 g/mol. The Hall–Kier alpha value is -1.00. The summed E-state index contributed by atoms with van der Waals surface area (Å²) < 4.78 is 26.4. The Labute approximate surface area is 107 Å². The molecule has 0 bridgehead atoms. The molecule has 2 nitrogen and oxygen atoms in total. The van der Waals surface area contributed by atoms with E-state index in [1.807, 2.05) is 6.92 Å². The lowest BCUT2D eigenvalue weighted by Crippen LogP contribution is -2.34. The highest BCUT2D eigenvalue weighted by Gasteiger charge is 2.16. The van der Waals surface area contributed by atoms with Gasteiger partial charge in [-0.05, 0) is 51.4 Å². The minimum Gasteiger partial charge on any atom is -0.317 e. The second-order valence-electron chi connectivity index (χ2n) is 4.99. The lowest BCUT2D eigenvalue weighted by molar-refractivity contribution is 0.343. The van der Waals surface area contributed by atoms with Gasteiger partial charge in [-0.15, -0.1) is 0 Å². The molecule has 1 saturated heterocycles. The van der Waals surface area contributed by atoms with Crippen molar-refractivity contribution in [2.45, 2.75) is 25.8 Å². The van der Waals surface area contributed by atoms with Crippen LogP contribution in [0.3, 0.4) is 0 Å². The highest BCUT2D eigenvalue weighted by molar-refractivity contribution is 5.21. The zero-order valence-electron chi connectivity index (χ0n) is 10.7. The van der Waals surface area contributed by atoms with Crippen molar-refractivity contribution in [3.05, 3.63) is 35.4 Å². The molecule has 1 aromatic rings. The number of hydrogen-bond donors (Lipinski definition) is 2. The third kappa shape index (κ3) is 3.50. The van der Waals surface area contributed by atoms with E-state index in [0.29, 0.717) is 11.5 Å². The Morgan fingerprint density at radius 1 is 1.33 bits per heavy atom. The third-order valence-corrected chi connectivity index (χ3v) is 3.60. The van der Waals surface area contributed by atoms with Gasteiger partial charge in [0.25, 0.3) is 0 Å². The van der Waals surface area contributed by atoms with Gasteiger partial charge in [-0.3, -0.25) is 0 Å². The van der Waals surface area contributed by atoms with E-state index >= 15 is 0 Å². The van der Waals surface area contributed by atoms with Crippen molar-refractivity contribution in [2.24, 2.45) is 5.92 Å². The first-order valence-corrected chi connectivity index (χ1v) is 6.56. The van der Waals surface area contributed by atoms with Crippen molar-refractivity contribution in [2.75, 3.05) is 19.6 Å². The van der Waals surface area contributed by atoms with Crippen molar-refractivity contribution in [3.63, 3.8) is 0 Å². The van der Waals surface area contributed by atoms with Crippen LogP contribution in [0.25, 0.3) is 0 Å². The number of halogens is 2. The van der Waals surface area contributed by atoms with E-state index in [1.54, 1.807) is 0 Å². The van der Waals surface area contributed by atoms with Crippen LogP contribution >= 0.6 is 0 Å². The molecule has 1 atom stereocenters. The molecule has 2 rings (SSSR count). The molecule has 100 valence electrons. The van der Waals surface area contributed by atoms with Gasteiger partial charge in [0.1, 0.15) is 11.6 Å². The van der Waals surface area contributed by atoms with Gasteiger partial charge < -0.3 is 10.6 Å². The van der Waals surface area contributed by atoms with Crippen LogP contribution < -0.4 is 10.6 Å². The molecule has 0 amide bonds. The zero-order valence-corrected chi connectivity index (χ0v) is 10.7. The van der Waals surface area contributed by atoms with Crippen LogP contribution in [-0.2, 0) is 0 Å². The van der Waals surface area contributed by atoms with Crippen molar-refractivity contribution >= 4 is 0 Å². The van der Waals surface area contributed by atoms with Gasteiger partial charge in [-0.25, -0.2) is 8.78 Å². The Balaban J connectivity index is 1.88. The molecule has 1 aliphatic heterocycles. The minimum absolute atomic E-state index is 0.0829. The Morgan fingerprint density at radius 2 is 2.06 bits per heavy atom. The predicted molar refractivity (Wildman–Crippen MR) is 68.4 cm³/mol. The third-order valence-electron chi connectivity index (χ3n) is 3.60. The molecular weight excluding hydrogens is 234 g/mol. The number of hydrogen-bond acceptors (Lipinski definition) is 2. The van der Waals surface area contributed by atoms with Gasteiger partial charge in [0, 0.05) is 17.7 Å². The summed E-state index contributed by atoms with van der Waals surface area (Å²) >= 11 is 0. The zero-order chi connectivity index (χ0) is 13.0. The predicted octanol–water partition coefficient (Wildman–Crippen LogP) is 2.62. The maximum atomic E-state index is 13.6. The number of piperidine rings is 1. The second kappa shape index (κ2) is 6.25. The molecule has 2 N–H and O–H groups in total. The molecule has 1 fully saturated rings. The fourth-order valence-corrected chi connectivity index (χ4v) is 2.39. The highest BCUT2D eigenvalue weighted by Crippen LogP contribution is 2.19. The van der Waals surface area contributed by atoms with E-state index in [4.69, 9.17) is 0 Å². The molecule has 1 aliphatic rings. The summed E-state index contributed by atoms with van der Waals surface area (Å²) in [5, 5.41) is 6.66. The van der Waals surface area contributed by atoms with Crippen molar-refractivity contribution in [3.8, 4) is 0 Å². The maximum Gasteiger partial charge on any atom is 0.130 e. The Kier molecular flexibility index (Phi) is 4.66. The summed E-state index contributed by atoms with van der Waals surface area (Å²) in [6.45, 7) is 4.92. The quantitative estimate of drug-likeness (QED) is 0.863. The Bertz CT molecular complexity index is 389. The molecule has 0 spiro atoms. The molecule has 1 heterocycles. The number of rotatable bonds is 4. The summed E-state index contributed by atoms with van der Waals surface area (Å²) in [6, 6.07) is 3.68. The topological polar surface area (TPSA) is 24.1 Å². The van der Waals surface area contributed by atoms with E-state index < -0.39 is 11.6 Å². The van der Waals surface area contributed by atoms with Gasteiger partial charge in [-0.2, -0.15) is 0 Å². The highest BCUT2D eigenvalue weighted by atomic mass is 19.1. The van der Waals surface area contributed by atoms with Crippen LogP contribution in [0.4, 0.5) is 8.78 Å². The molecule has 0 aromatic heterocycles. The summed E-state index contributed by atoms with van der Waals surface area (Å²) in [5.74, 6) is -0.348. The average molecular weight is 254 g/mol. The number of nitrogens with one attached hydrogen (secondary N) is 2. The van der Waals surface area contributed by atoms with Crippen molar-refractivity contribution in [1.82, 2.24) is 10.6 Å². The van der Waals surface area contributed by atoms with Crippen molar-refractivity contribution in [1.29, 1.82) is 0 Å². The first kappa shape index (κ1) is 13.4. The van der Waals surface area contributed by atoms with Gasteiger partial charge in [0.05, 0.1) is 0 Å². The average Bonchev–Trinajstić information content (AvgIpc) is 2.37. The van der Waals surface area contributed by atoms with Gasteiger partial charge >= 0.3 is 0 Å². The fraction of sp³-hybridized carbons (Fsp3) is 0.571. The smallest absolute Gasteiger partial charge is 0.130 e. The molecular formula is C14H20F2N2. The van der Waals surface area contributed by atoms with Crippen LogP contribution in [0.15, 0.2) is 18.2 Å². The molecule has 0 radical (unpaired) electrons. The van der Waals surface area contributed by atoms with Crippen LogP contribution in [-0.4, -0.2) is 19.6 Å². The molecule has 1 unspecified atom stereocenters. The van der Waals surface area contributed by atoms with Crippen LogP contribution in [0.5, 0.6) is 0 Å². The molecule has 18 heavy (non-hydrogen) atoms. The first-order valence-electron chi connectivity index (χ1n) is 6.56. The van der Waals surface area contributed by atoms with E-state index in [0.717, 1.165) is 38.5 Å². The summed E-state index contributed by atoms with van der Waals surface area (Å²) in [4.78, 5) is 0. The Morgan fingerprint density at radius 3 is 2.72 bits per heavy atom. The van der Waals surface area contributed by atoms with E-state index in [2.05, 4.69) is 10.6 Å². The van der Waals surface area contributed by atoms with Crippen LogP contribution in [0, 0.1) is 17.6 Å². The van der Waals surface area contributed by atoms with E-state index in [-0.39, 0.29) is 6.04 Å². The molecule has 0 saturated carbocycles.